The van der Waals surface area contributed by atoms with E-state index in [9.17, 15) is 4.79 Å². The minimum absolute atomic E-state index is 0.286. The summed E-state index contributed by atoms with van der Waals surface area (Å²) in [6, 6.07) is 3.89. The number of aromatic nitrogens is 1. The lowest BCUT2D eigenvalue weighted by Crippen LogP contribution is -2.35. The summed E-state index contributed by atoms with van der Waals surface area (Å²) < 4.78 is 5.26. The normalized spacial score (nSPS) is 11.1. The highest BCUT2D eigenvalue weighted by Crippen LogP contribution is 2.09. The van der Waals surface area contributed by atoms with Crippen molar-refractivity contribution in [3.63, 3.8) is 0 Å². The molecule has 1 aromatic heterocycles. The number of hydrogen-bond donors (Lipinski definition) is 0. The molecule has 1 heterocycles. The number of carbonyl (C=O) groups excluding carboxylic acids is 1. The Bertz CT molecular complexity index is 357. The molecule has 4 heteroatoms. The number of rotatable bonds is 3. The Kier molecular flexibility index (Phi) is 4.49. The van der Waals surface area contributed by atoms with Gasteiger partial charge in [0.25, 0.3) is 0 Å². The molecule has 0 aliphatic heterocycles. The van der Waals surface area contributed by atoms with Gasteiger partial charge in [0.2, 0.25) is 0 Å². The molecule has 0 saturated carbocycles. The van der Waals surface area contributed by atoms with Crippen molar-refractivity contribution < 1.29 is 9.53 Å². The molecule has 0 aliphatic rings. The van der Waals surface area contributed by atoms with Crippen molar-refractivity contribution in [2.24, 2.45) is 0 Å². The SMILES string of the molecule is CN(CCc1ccncc1)C(=O)OC(C)(C)C. The fourth-order valence-electron chi connectivity index (χ4n) is 1.28. The Morgan fingerprint density at radius 1 is 1.35 bits per heavy atom. The van der Waals surface area contributed by atoms with Crippen molar-refractivity contribution >= 4 is 6.09 Å². The molecule has 0 unspecified atom stereocenters. The zero-order valence-electron chi connectivity index (χ0n) is 10.9. The van der Waals surface area contributed by atoms with Gasteiger partial charge in [-0.15, -0.1) is 0 Å². The van der Waals surface area contributed by atoms with Crippen LogP contribution in [-0.2, 0) is 11.2 Å². The van der Waals surface area contributed by atoms with Crippen molar-refractivity contribution in [3.05, 3.63) is 30.1 Å². The highest BCUT2D eigenvalue weighted by Gasteiger charge is 2.19. The first-order chi connectivity index (χ1) is 7.88. The second-order valence-corrected chi connectivity index (χ2v) is 5.01. The Morgan fingerprint density at radius 2 is 1.94 bits per heavy atom. The van der Waals surface area contributed by atoms with Crippen LogP contribution in [0.25, 0.3) is 0 Å². The molecule has 0 spiro atoms. The quantitative estimate of drug-likeness (QED) is 0.809. The number of amides is 1. The largest absolute Gasteiger partial charge is 0.444 e. The monoisotopic (exact) mass is 236 g/mol. The van der Waals surface area contributed by atoms with Gasteiger partial charge in [-0.1, -0.05) is 0 Å². The van der Waals surface area contributed by atoms with Gasteiger partial charge in [-0.3, -0.25) is 4.98 Å². The molecule has 1 aromatic rings. The first-order valence-electron chi connectivity index (χ1n) is 5.71. The van der Waals surface area contributed by atoms with E-state index in [2.05, 4.69) is 4.98 Å². The topological polar surface area (TPSA) is 42.4 Å². The lowest BCUT2D eigenvalue weighted by molar-refractivity contribution is 0.0301. The van der Waals surface area contributed by atoms with E-state index in [1.54, 1.807) is 24.3 Å². The third kappa shape index (κ3) is 5.33. The molecule has 1 rings (SSSR count). The average Bonchev–Trinajstić information content (AvgIpc) is 2.25. The van der Waals surface area contributed by atoms with E-state index < -0.39 is 5.60 Å². The van der Waals surface area contributed by atoms with E-state index in [4.69, 9.17) is 4.74 Å². The molecule has 0 saturated heterocycles. The number of nitrogens with zero attached hydrogens (tertiary/aromatic N) is 2. The second kappa shape index (κ2) is 5.66. The maximum atomic E-state index is 11.7. The van der Waals surface area contributed by atoms with Crippen LogP contribution in [-0.4, -0.2) is 35.2 Å². The fourth-order valence-corrected chi connectivity index (χ4v) is 1.28. The third-order valence-electron chi connectivity index (χ3n) is 2.19. The summed E-state index contributed by atoms with van der Waals surface area (Å²) in [5.74, 6) is 0. The molecule has 0 bridgehead atoms. The van der Waals surface area contributed by atoms with Crippen LogP contribution in [0.3, 0.4) is 0 Å². The zero-order chi connectivity index (χ0) is 12.9. The molecule has 0 aliphatic carbocycles. The van der Waals surface area contributed by atoms with Gasteiger partial charge in [0, 0.05) is 26.0 Å². The van der Waals surface area contributed by atoms with Crippen molar-refractivity contribution in [1.29, 1.82) is 0 Å². The van der Waals surface area contributed by atoms with Crippen molar-refractivity contribution in [3.8, 4) is 0 Å². The summed E-state index contributed by atoms with van der Waals surface area (Å²) in [6.07, 6.45) is 4.02. The Labute approximate surface area is 103 Å². The molecule has 0 aromatic carbocycles. The molecule has 0 atom stereocenters. The van der Waals surface area contributed by atoms with Crippen LogP contribution in [0.1, 0.15) is 26.3 Å². The molecular formula is C13H20N2O2. The smallest absolute Gasteiger partial charge is 0.410 e. The molecule has 0 radical (unpaired) electrons. The summed E-state index contributed by atoms with van der Waals surface area (Å²) in [4.78, 5) is 17.2. The molecule has 94 valence electrons. The zero-order valence-corrected chi connectivity index (χ0v) is 10.9. The van der Waals surface area contributed by atoms with Crippen LogP contribution in [0.5, 0.6) is 0 Å². The molecule has 4 nitrogen and oxygen atoms in total. The highest BCUT2D eigenvalue weighted by molar-refractivity contribution is 5.67. The minimum Gasteiger partial charge on any atom is -0.444 e. The molecule has 1 amide bonds. The van der Waals surface area contributed by atoms with Gasteiger partial charge in [-0.25, -0.2) is 4.79 Å². The first kappa shape index (κ1) is 13.5. The van der Waals surface area contributed by atoms with Crippen LogP contribution in [0, 0.1) is 0 Å². The Hall–Kier alpha value is -1.58. The van der Waals surface area contributed by atoms with Crippen LogP contribution in [0.4, 0.5) is 4.79 Å². The van der Waals surface area contributed by atoms with Gasteiger partial charge in [0.05, 0.1) is 0 Å². The first-order valence-corrected chi connectivity index (χ1v) is 5.71. The Balaban J connectivity index is 2.40. The van der Waals surface area contributed by atoms with Crippen molar-refractivity contribution in [2.45, 2.75) is 32.8 Å². The predicted molar refractivity (Wildman–Crippen MR) is 66.8 cm³/mol. The van der Waals surface area contributed by atoms with E-state index in [0.717, 1.165) is 12.0 Å². The average molecular weight is 236 g/mol. The van der Waals surface area contributed by atoms with Crippen LogP contribution < -0.4 is 0 Å². The van der Waals surface area contributed by atoms with Gasteiger partial charge >= 0.3 is 6.09 Å². The molecular weight excluding hydrogens is 216 g/mol. The van der Waals surface area contributed by atoms with E-state index in [1.165, 1.54) is 0 Å². The summed E-state index contributed by atoms with van der Waals surface area (Å²) in [6.45, 7) is 6.23. The number of carbonyl (C=O) groups is 1. The number of ether oxygens (including phenoxy) is 1. The maximum absolute atomic E-state index is 11.7. The molecule has 0 N–H and O–H groups in total. The van der Waals surface area contributed by atoms with Gasteiger partial charge in [-0.05, 0) is 44.9 Å². The number of likely N-dealkylation sites (N-methyl/N-ethyl adjacent to an activating group) is 1. The fraction of sp³-hybridized carbons (Fsp3) is 0.538. The standard InChI is InChI=1S/C13H20N2O2/c1-13(2,3)17-12(16)15(4)10-7-11-5-8-14-9-6-11/h5-6,8-9H,7,10H2,1-4H3. The van der Waals surface area contributed by atoms with Crippen molar-refractivity contribution in [1.82, 2.24) is 9.88 Å². The minimum atomic E-state index is -0.442. The van der Waals surface area contributed by atoms with Crippen LogP contribution in [0.15, 0.2) is 24.5 Å². The molecule has 17 heavy (non-hydrogen) atoms. The number of hydrogen-bond acceptors (Lipinski definition) is 3. The third-order valence-corrected chi connectivity index (χ3v) is 2.19. The van der Waals surface area contributed by atoms with Gasteiger partial charge in [0.15, 0.2) is 0 Å². The van der Waals surface area contributed by atoms with Gasteiger partial charge in [-0.2, -0.15) is 0 Å². The van der Waals surface area contributed by atoms with Gasteiger partial charge in [0.1, 0.15) is 5.60 Å². The number of pyridine rings is 1. The van der Waals surface area contributed by atoms with Gasteiger partial charge < -0.3 is 9.64 Å². The summed E-state index contributed by atoms with van der Waals surface area (Å²) >= 11 is 0. The molecule has 0 fully saturated rings. The summed E-state index contributed by atoms with van der Waals surface area (Å²) in [5.41, 5.74) is 0.720. The van der Waals surface area contributed by atoms with E-state index in [1.807, 2.05) is 32.9 Å². The highest BCUT2D eigenvalue weighted by atomic mass is 16.6. The maximum Gasteiger partial charge on any atom is 0.410 e. The summed E-state index contributed by atoms with van der Waals surface area (Å²) in [7, 11) is 1.75. The van der Waals surface area contributed by atoms with E-state index in [-0.39, 0.29) is 6.09 Å². The Morgan fingerprint density at radius 3 is 2.47 bits per heavy atom. The second-order valence-electron chi connectivity index (χ2n) is 5.01. The van der Waals surface area contributed by atoms with Crippen molar-refractivity contribution in [2.75, 3.05) is 13.6 Å². The lowest BCUT2D eigenvalue weighted by atomic mass is 10.2. The summed E-state index contributed by atoms with van der Waals surface area (Å²) in [5, 5.41) is 0. The van der Waals surface area contributed by atoms with E-state index in [0.29, 0.717) is 6.54 Å². The predicted octanol–water partition coefficient (Wildman–Crippen LogP) is 2.49. The lowest BCUT2D eigenvalue weighted by Gasteiger charge is -2.24. The van der Waals surface area contributed by atoms with Crippen LogP contribution >= 0.6 is 0 Å². The van der Waals surface area contributed by atoms with E-state index >= 15 is 0 Å². The van der Waals surface area contributed by atoms with Crippen LogP contribution in [0.2, 0.25) is 0 Å².